The van der Waals surface area contributed by atoms with E-state index in [1.807, 2.05) is 10.9 Å². The minimum absolute atomic E-state index is 0. The fourth-order valence-corrected chi connectivity index (χ4v) is 1.81. The summed E-state index contributed by atoms with van der Waals surface area (Å²) in [5.74, 6) is 0. The van der Waals surface area contributed by atoms with Crippen LogP contribution in [0.25, 0.3) is 0 Å². The molecule has 0 aromatic carbocycles. The van der Waals surface area contributed by atoms with Crippen LogP contribution in [0.2, 0.25) is 0 Å². The van der Waals surface area contributed by atoms with Gasteiger partial charge in [0.2, 0.25) is 0 Å². The zero-order valence-corrected chi connectivity index (χ0v) is 10.1. The van der Waals surface area contributed by atoms with Crippen molar-refractivity contribution < 1.29 is 5.11 Å². The van der Waals surface area contributed by atoms with Crippen molar-refractivity contribution in [2.24, 2.45) is 5.73 Å². The second-order valence-corrected chi connectivity index (χ2v) is 3.59. The van der Waals surface area contributed by atoms with Crippen LogP contribution in [0.5, 0.6) is 0 Å². The number of nitrogens with two attached hydrogens (primary N) is 1. The Hall–Kier alpha value is -0.290. The van der Waals surface area contributed by atoms with Gasteiger partial charge in [0.1, 0.15) is 0 Å². The number of aliphatic hydroxyl groups excluding tert-OH is 1. The molecule has 0 radical (unpaired) electrons. The fraction of sp³-hybridized carbons (Fsp3) is 0.667. The average molecular weight is 254 g/mol. The number of nitrogens with zero attached hydrogens (tertiary/aromatic N) is 2. The Morgan fingerprint density at radius 1 is 1.53 bits per heavy atom. The maximum absolute atomic E-state index is 8.75. The first kappa shape index (κ1) is 14.7. The third-order valence-electron chi connectivity index (χ3n) is 2.49. The van der Waals surface area contributed by atoms with Gasteiger partial charge in [-0.15, -0.1) is 24.8 Å². The molecule has 1 unspecified atom stereocenters. The zero-order chi connectivity index (χ0) is 9.26. The molecule has 15 heavy (non-hydrogen) atoms. The van der Waals surface area contributed by atoms with Crippen molar-refractivity contribution in [2.45, 2.75) is 31.8 Å². The van der Waals surface area contributed by atoms with Gasteiger partial charge >= 0.3 is 0 Å². The molecular weight excluding hydrogens is 237 g/mol. The lowest BCUT2D eigenvalue weighted by molar-refractivity contribution is 0.269. The normalized spacial score (nSPS) is 18.7. The predicted molar refractivity (Wildman–Crippen MR) is 63.8 cm³/mol. The van der Waals surface area contributed by atoms with Crippen molar-refractivity contribution in [1.29, 1.82) is 0 Å². The molecule has 1 heterocycles. The van der Waals surface area contributed by atoms with Gasteiger partial charge in [0, 0.05) is 12.2 Å². The van der Waals surface area contributed by atoms with Gasteiger partial charge in [-0.3, -0.25) is 4.68 Å². The van der Waals surface area contributed by atoms with Gasteiger partial charge in [0.15, 0.2) is 0 Å². The number of fused-ring (bicyclic) bond motifs is 1. The van der Waals surface area contributed by atoms with Gasteiger partial charge in [-0.05, 0) is 24.8 Å². The van der Waals surface area contributed by atoms with Gasteiger partial charge in [-0.2, -0.15) is 5.10 Å². The number of halogens is 2. The monoisotopic (exact) mass is 253 g/mol. The molecule has 0 fully saturated rings. The summed E-state index contributed by atoms with van der Waals surface area (Å²) in [5.41, 5.74) is 8.27. The van der Waals surface area contributed by atoms with Crippen LogP contribution in [0.3, 0.4) is 0 Å². The molecule has 1 aliphatic carbocycles. The third kappa shape index (κ3) is 3.34. The van der Waals surface area contributed by atoms with E-state index in [0.717, 1.165) is 25.0 Å². The third-order valence-corrected chi connectivity index (χ3v) is 2.49. The zero-order valence-electron chi connectivity index (χ0n) is 8.43. The van der Waals surface area contributed by atoms with Gasteiger partial charge in [0.05, 0.1) is 18.8 Å². The van der Waals surface area contributed by atoms with E-state index >= 15 is 0 Å². The molecular formula is C9H17Cl2N3O. The van der Waals surface area contributed by atoms with Crippen molar-refractivity contribution >= 4 is 24.8 Å². The summed E-state index contributed by atoms with van der Waals surface area (Å²) in [5, 5.41) is 13.1. The van der Waals surface area contributed by atoms with Gasteiger partial charge in [0.25, 0.3) is 0 Å². The van der Waals surface area contributed by atoms with Crippen molar-refractivity contribution in [3.05, 3.63) is 17.5 Å². The maximum Gasteiger partial charge on any atom is 0.0657 e. The number of aromatic nitrogens is 2. The molecule has 0 saturated carbocycles. The highest BCUT2D eigenvalue weighted by Gasteiger charge is 2.18. The number of rotatable bonds is 2. The lowest BCUT2D eigenvalue weighted by atomic mass is 9.94. The number of aliphatic hydroxyl groups is 1. The van der Waals surface area contributed by atoms with Gasteiger partial charge < -0.3 is 10.8 Å². The van der Waals surface area contributed by atoms with Gasteiger partial charge in [-0.25, -0.2) is 0 Å². The summed E-state index contributed by atoms with van der Waals surface area (Å²) >= 11 is 0. The molecule has 0 spiro atoms. The van der Waals surface area contributed by atoms with Crippen molar-refractivity contribution in [2.75, 3.05) is 6.61 Å². The molecule has 2 rings (SSSR count). The lowest BCUT2D eigenvalue weighted by Crippen LogP contribution is -2.27. The minimum Gasteiger partial charge on any atom is -0.394 e. The molecule has 0 saturated heterocycles. The van der Waals surface area contributed by atoms with E-state index in [-0.39, 0.29) is 31.4 Å². The van der Waals surface area contributed by atoms with Gasteiger partial charge in [-0.1, -0.05) is 0 Å². The summed E-state index contributed by atoms with van der Waals surface area (Å²) in [6.45, 7) is 0.731. The topological polar surface area (TPSA) is 64.1 Å². The Morgan fingerprint density at radius 3 is 2.93 bits per heavy atom. The Balaban J connectivity index is 0.000000980. The maximum atomic E-state index is 8.75. The first-order chi connectivity index (χ1) is 6.29. The van der Waals surface area contributed by atoms with Crippen molar-refractivity contribution in [3.63, 3.8) is 0 Å². The van der Waals surface area contributed by atoms with E-state index in [1.165, 1.54) is 5.56 Å². The molecule has 4 nitrogen and oxygen atoms in total. The fourth-order valence-electron chi connectivity index (χ4n) is 1.81. The van der Waals surface area contributed by atoms with E-state index in [9.17, 15) is 0 Å². The number of hydrogen-bond donors (Lipinski definition) is 2. The Bertz CT molecular complexity index is 304. The molecule has 6 heteroatoms. The minimum atomic E-state index is 0. The lowest BCUT2D eigenvalue weighted by Gasteiger charge is -2.15. The van der Waals surface area contributed by atoms with E-state index in [4.69, 9.17) is 10.8 Å². The van der Waals surface area contributed by atoms with Crippen molar-refractivity contribution in [3.8, 4) is 0 Å². The number of aryl methyl sites for hydroxylation is 1. The molecule has 3 N–H and O–H groups in total. The van der Waals surface area contributed by atoms with Crippen LogP contribution in [0.1, 0.15) is 17.7 Å². The van der Waals surface area contributed by atoms with Crippen LogP contribution in [-0.4, -0.2) is 27.5 Å². The van der Waals surface area contributed by atoms with Crippen LogP contribution in [0.15, 0.2) is 6.20 Å². The molecule has 0 amide bonds. The second kappa shape index (κ2) is 6.33. The van der Waals surface area contributed by atoms with E-state index < -0.39 is 0 Å². The van der Waals surface area contributed by atoms with Crippen LogP contribution >= 0.6 is 24.8 Å². The first-order valence-electron chi connectivity index (χ1n) is 4.71. The number of hydrogen-bond acceptors (Lipinski definition) is 3. The predicted octanol–water partition coefficient (Wildman–Crippen LogP) is 0.535. The van der Waals surface area contributed by atoms with E-state index in [1.54, 1.807) is 0 Å². The highest BCUT2D eigenvalue weighted by molar-refractivity contribution is 5.85. The molecule has 1 atom stereocenters. The highest BCUT2D eigenvalue weighted by Crippen LogP contribution is 2.18. The highest BCUT2D eigenvalue weighted by atomic mass is 35.5. The van der Waals surface area contributed by atoms with Crippen LogP contribution in [0, 0.1) is 0 Å². The van der Waals surface area contributed by atoms with E-state index in [2.05, 4.69) is 5.10 Å². The quantitative estimate of drug-likeness (QED) is 0.809. The molecule has 0 aliphatic heterocycles. The SMILES string of the molecule is Cl.Cl.NC1CCc2nn(CCO)cc2C1. The molecule has 1 aromatic rings. The smallest absolute Gasteiger partial charge is 0.0657 e. The largest absolute Gasteiger partial charge is 0.394 e. The van der Waals surface area contributed by atoms with Crippen molar-refractivity contribution in [1.82, 2.24) is 9.78 Å². The van der Waals surface area contributed by atoms with Crippen LogP contribution in [-0.2, 0) is 19.4 Å². The summed E-state index contributed by atoms with van der Waals surface area (Å²) in [6, 6.07) is 0.291. The summed E-state index contributed by atoms with van der Waals surface area (Å²) < 4.78 is 1.81. The summed E-state index contributed by atoms with van der Waals surface area (Å²) in [7, 11) is 0. The summed E-state index contributed by atoms with van der Waals surface area (Å²) in [4.78, 5) is 0. The Morgan fingerprint density at radius 2 is 2.27 bits per heavy atom. The molecule has 1 aliphatic rings. The molecule has 0 bridgehead atoms. The standard InChI is InChI=1S/C9H15N3O.2ClH/c10-8-1-2-9-7(5-8)6-12(11-9)3-4-13;;/h6,8,13H,1-5,10H2;2*1H. The Labute approximate surface area is 102 Å². The van der Waals surface area contributed by atoms with Crippen LogP contribution in [0.4, 0.5) is 0 Å². The Kier molecular flexibility index (Phi) is 6.20. The summed E-state index contributed by atoms with van der Waals surface area (Å²) in [6.07, 6.45) is 4.95. The molecule has 1 aromatic heterocycles. The average Bonchev–Trinajstić information content (AvgIpc) is 2.46. The van der Waals surface area contributed by atoms with E-state index in [0.29, 0.717) is 12.6 Å². The van der Waals surface area contributed by atoms with Crippen LogP contribution < -0.4 is 5.73 Å². The second-order valence-electron chi connectivity index (χ2n) is 3.59. The first-order valence-corrected chi connectivity index (χ1v) is 4.71. The molecule has 88 valence electrons.